The standard InChI is InChI=1S/C28H33NO4.C23H24ClNO3/c1-19-13-14-25(20(2)17-19)32-16-8-15-29-28(31)24-18-26(33-21-9-4-3-5-10-21)22-11-6-7-12-23(22)27(24)30;1-2-3-4-9-14-28-21-15-18(22(26)17-11-6-5-10-16(17)21)23(27)25-20-13-8-7-12-19(20)24/h6-7,11-14,17-18,21,30H,3-5,8-10,15-16H2,1-2H3,(H,29,31);5-8,10-13,15,26H,2-4,9,14H2,1H3,(H,25,27). The molecule has 0 radical (unpaired) electrons. The highest BCUT2D eigenvalue weighted by Crippen LogP contribution is 2.39. The summed E-state index contributed by atoms with van der Waals surface area (Å²) in [4.78, 5) is 25.7. The van der Waals surface area contributed by atoms with E-state index in [0.29, 0.717) is 59.2 Å². The normalized spacial score (nSPS) is 12.7. The first-order valence-electron chi connectivity index (χ1n) is 21.5. The second-order valence-electron chi connectivity index (χ2n) is 15.6. The van der Waals surface area contributed by atoms with Crippen LogP contribution in [-0.4, -0.2) is 47.9 Å². The van der Waals surface area contributed by atoms with Gasteiger partial charge in [-0.1, -0.05) is 123 Å². The smallest absolute Gasteiger partial charge is 0.259 e. The number of fused-ring (bicyclic) bond motifs is 2. The Morgan fingerprint density at radius 3 is 1.92 bits per heavy atom. The van der Waals surface area contributed by atoms with Crippen molar-refractivity contribution in [3.8, 4) is 28.7 Å². The highest BCUT2D eigenvalue weighted by molar-refractivity contribution is 6.34. The van der Waals surface area contributed by atoms with Gasteiger partial charge in [-0.25, -0.2) is 0 Å². The van der Waals surface area contributed by atoms with E-state index < -0.39 is 5.91 Å². The molecule has 6 aromatic carbocycles. The number of ether oxygens (including phenoxy) is 3. The Labute approximate surface area is 364 Å². The maximum Gasteiger partial charge on any atom is 0.259 e. The summed E-state index contributed by atoms with van der Waals surface area (Å²) in [6.07, 6.45) is 10.8. The summed E-state index contributed by atoms with van der Waals surface area (Å²) in [7, 11) is 0. The number of amides is 2. The Balaban J connectivity index is 0.000000207. The van der Waals surface area contributed by atoms with Gasteiger partial charge >= 0.3 is 0 Å². The van der Waals surface area contributed by atoms with Gasteiger partial charge in [-0.2, -0.15) is 0 Å². The van der Waals surface area contributed by atoms with Gasteiger partial charge in [0.05, 0.1) is 41.2 Å². The molecule has 0 bridgehead atoms. The summed E-state index contributed by atoms with van der Waals surface area (Å²) in [6.45, 7) is 7.77. The van der Waals surface area contributed by atoms with Gasteiger partial charge in [0.25, 0.3) is 11.8 Å². The number of carbonyl (C=O) groups is 2. The second kappa shape index (κ2) is 22.1. The van der Waals surface area contributed by atoms with Gasteiger partial charge in [-0.3, -0.25) is 9.59 Å². The predicted molar refractivity (Wildman–Crippen MR) is 246 cm³/mol. The first-order chi connectivity index (χ1) is 29.6. The Morgan fingerprint density at radius 1 is 0.656 bits per heavy atom. The molecule has 1 saturated carbocycles. The van der Waals surface area contributed by atoms with Gasteiger partial charge in [-0.05, 0) is 88.3 Å². The minimum absolute atomic E-state index is 0.00868. The summed E-state index contributed by atoms with van der Waals surface area (Å²) in [6, 6.07) is 31.3. The molecule has 0 aliphatic heterocycles. The van der Waals surface area contributed by atoms with Crippen molar-refractivity contribution in [2.24, 2.45) is 0 Å². The van der Waals surface area contributed by atoms with Crippen molar-refractivity contribution in [3.63, 3.8) is 0 Å². The van der Waals surface area contributed by atoms with Crippen molar-refractivity contribution in [2.45, 2.75) is 91.1 Å². The summed E-state index contributed by atoms with van der Waals surface area (Å²) in [5.41, 5.74) is 3.19. The largest absolute Gasteiger partial charge is 0.506 e. The number of phenolic OH excluding ortho intramolecular Hbond substituents is 2. The number of hydrogen-bond donors (Lipinski definition) is 4. The number of rotatable bonds is 16. The van der Waals surface area contributed by atoms with E-state index in [9.17, 15) is 19.8 Å². The lowest BCUT2D eigenvalue weighted by Crippen LogP contribution is -2.26. The fraction of sp³-hybridized carbons (Fsp3) is 0.333. The van der Waals surface area contributed by atoms with Crippen LogP contribution in [0.2, 0.25) is 5.02 Å². The molecule has 9 nitrogen and oxygen atoms in total. The molecule has 0 saturated heterocycles. The molecular formula is C51H57ClN2O7. The lowest BCUT2D eigenvalue weighted by atomic mass is 9.97. The third-order valence-corrected chi connectivity index (χ3v) is 11.2. The summed E-state index contributed by atoms with van der Waals surface area (Å²) in [5.74, 6) is 1.30. The monoisotopic (exact) mass is 844 g/mol. The van der Waals surface area contributed by atoms with Crippen LogP contribution in [0.3, 0.4) is 0 Å². The van der Waals surface area contributed by atoms with E-state index in [4.69, 9.17) is 25.8 Å². The minimum Gasteiger partial charge on any atom is -0.506 e. The zero-order valence-electron chi connectivity index (χ0n) is 35.4. The fourth-order valence-electron chi connectivity index (χ4n) is 7.56. The number of halogens is 1. The van der Waals surface area contributed by atoms with Crippen LogP contribution in [-0.2, 0) is 0 Å². The number of aryl methyl sites for hydroxylation is 2. The van der Waals surface area contributed by atoms with E-state index in [-0.39, 0.29) is 34.6 Å². The van der Waals surface area contributed by atoms with Crippen LogP contribution in [0, 0.1) is 13.8 Å². The molecular weight excluding hydrogens is 788 g/mol. The quantitative estimate of drug-likeness (QED) is 0.0715. The minimum atomic E-state index is -0.438. The molecule has 320 valence electrons. The molecule has 1 aliphatic carbocycles. The third kappa shape index (κ3) is 11.9. The number of carbonyl (C=O) groups excluding carboxylic acids is 2. The van der Waals surface area contributed by atoms with Gasteiger partial charge in [0, 0.05) is 28.1 Å². The summed E-state index contributed by atoms with van der Waals surface area (Å²) < 4.78 is 18.1. The fourth-order valence-corrected chi connectivity index (χ4v) is 7.74. The van der Waals surface area contributed by atoms with Crippen LogP contribution >= 0.6 is 11.6 Å². The van der Waals surface area contributed by atoms with E-state index in [0.717, 1.165) is 67.0 Å². The van der Waals surface area contributed by atoms with Gasteiger partial charge < -0.3 is 35.1 Å². The van der Waals surface area contributed by atoms with E-state index in [1.54, 1.807) is 42.5 Å². The second-order valence-corrected chi connectivity index (χ2v) is 16.0. The van der Waals surface area contributed by atoms with Crippen LogP contribution in [0.4, 0.5) is 5.69 Å². The Morgan fingerprint density at radius 2 is 1.25 bits per heavy atom. The summed E-state index contributed by atoms with van der Waals surface area (Å²) >= 11 is 6.13. The SMILES string of the molecule is CCCCCCOc1cc(C(=O)Nc2ccccc2Cl)c(O)c2ccccc12.Cc1ccc(OCCCNC(=O)c2cc(OC3CCCCC3)c3ccccc3c2O)c(C)c1. The number of aromatic hydroxyl groups is 2. The molecule has 6 aromatic rings. The lowest BCUT2D eigenvalue weighted by molar-refractivity contribution is 0.0946. The molecule has 0 heterocycles. The molecule has 4 N–H and O–H groups in total. The van der Waals surface area contributed by atoms with Gasteiger partial charge in [0.2, 0.25) is 0 Å². The third-order valence-electron chi connectivity index (χ3n) is 10.9. The lowest BCUT2D eigenvalue weighted by Gasteiger charge is -2.24. The topological polar surface area (TPSA) is 126 Å². The molecule has 7 rings (SSSR count). The molecule has 0 unspecified atom stereocenters. The van der Waals surface area contributed by atoms with E-state index in [2.05, 4.69) is 30.5 Å². The zero-order valence-corrected chi connectivity index (χ0v) is 36.2. The van der Waals surface area contributed by atoms with Crippen molar-refractivity contribution in [2.75, 3.05) is 25.1 Å². The first kappa shape index (κ1) is 44.6. The predicted octanol–water partition coefficient (Wildman–Crippen LogP) is 12.5. The Bertz CT molecular complexity index is 2430. The summed E-state index contributed by atoms with van der Waals surface area (Å²) in [5, 5.41) is 30.4. The van der Waals surface area contributed by atoms with Gasteiger partial charge in [0.15, 0.2) is 0 Å². The maximum atomic E-state index is 12.9. The van der Waals surface area contributed by atoms with Crippen LogP contribution in [0.15, 0.2) is 103 Å². The molecule has 10 heteroatoms. The van der Waals surface area contributed by atoms with Crippen molar-refractivity contribution in [3.05, 3.63) is 130 Å². The molecule has 0 spiro atoms. The highest BCUT2D eigenvalue weighted by atomic mass is 35.5. The van der Waals surface area contributed by atoms with Crippen molar-refractivity contribution in [1.82, 2.24) is 5.32 Å². The molecule has 1 fully saturated rings. The zero-order chi connectivity index (χ0) is 43.1. The molecule has 0 atom stereocenters. The van der Waals surface area contributed by atoms with Crippen LogP contribution in [0.25, 0.3) is 21.5 Å². The number of phenols is 2. The number of benzene rings is 6. The Hall–Kier alpha value is -5.93. The molecule has 2 amide bonds. The molecule has 0 aromatic heterocycles. The number of unbranched alkanes of at least 4 members (excludes halogenated alkanes) is 3. The van der Waals surface area contributed by atoms with Crippen LogP contribution < -0.4 is 24.8 Å². The Kier molecular flexibility index (Phi) is 16.1. The first-order valence-corrected chi connectivity index (χ1v) is 21.8. The molecule has 1 aliphatic rings. The average molecular weight is 845 g/mol. The van der Waals surface area contributed by atoms with Gasteiger partial charge in [0.1, 0.15) is 28.7 Å². The average Bonchev–Trinajstić information content (AvgIpc) is 3.27. The van der Waals surface area contributed by atoms with E-state index in [1.807, 2.05) is 61.5 Å². The van der Waals surface area contributed by atoms with E-state index in [1.165, 1.54) is 18.4 Å². The number of nitrogens with one attached hydrogen (secondary N) is 2. The van der Waals surface area contributed by atoms with E-state index >= 15 is 0 Å². The van der Waals surface area contributed by atoms with Crippen LogP contribution in [0.1, 0.15) is 103 Å². The number of para-hydroxylation sites is 1. The van der Waals surface area contributed by atoms with Crippen molar-refractivity contribution in [1.29, 1.82) is 0 Å². The maximum absolute atomic E-state index is 12.9. The van der Waals surface area contributed by atoms with Crippen molar-refractivity contribution < 1.29 is 34.0 Å². The van der Waals surface area contributed by atoms with Gasteiger partial charge in [-0.15, -0.1) is 0 Å². The number of hydrogen-bond acceptors (Lipinski definition) is 7. The highest BCUT2D eigenvalue weighted by Gasteiger charge is 2.22. The van der Waals surface area contributed by atoms with Crippen LogP contribution in [0.5, 0.6) is 28.7 Å². The van der Waals surface area contributed by atoms with Crippen molar-refractivity contribution >= 4 is 50.6 Å². The molecule has 61 heavy (non-hydrogen) atoms. The number of anilines is 1.